The predicted molar refractivity (Wildman–Crippen MR) is 234 cm³/mol. The van der Waals surface area contributed by atoms with Crippen molar-refractivity contribution in [3.05, 3.63) is 186 Å². The maximum absolute atomic E-state index is 14.7. The van der Waals surface area contributed by atoms with Crippen LogP contribution in [0.1, 0.15) is 27.8 Å². The van der Waals surface area contributed by atoms with Gasteiger partial charge in [-0.2, -0.15) is 65.9 Å². The Morgan fingerprint density at radius 3 is 1.19 bits per heavy atom. The van der Waals surface area contributed by atoms with E-state index in [2.05, 4.69) is 4.98 Å². The minimum absolute atomic E-state index is 0.0248. The molecule has 0 aliphatic carbocycles. The van der Waals surface area contributed by atoms with E-state index in [-0.39, 0.29) is 45.8 Å². The van der Waals surface area contributed by atoms with Gasteiger partial charge in [-0.15, -0.1) is 0 Å². The molecule has 0 N–H and O–H groups in total. The lowest BCUT2D eigenvalue weighted by Gasteiger charge is -2.20. The zero-order valence-electron chi connectivity index (χ0n) is 35.0. The fourth-order valence-corrected chi connectivity index (χ4v) is 9.13. The average molecular weight is 978 g/mol. The van der Waals surface area contributed by atoms with Gasteiger partial charge >= 0.3 is 30.9 Å². The van der Waals surface area contributed by atoms with Crippen molar-refractivity contribution in [3.63, 3.8) is 0 Å². The Balaban J connectivity index is 1.20. The van der Waals surface area contributed by atoms with E-state index >= 15 is 0 Å². The smallest absolute Gasteiger partial charge is 0.309 e. The number of halogens is 15. The molecule has 0 fully saturated rings. The number of benzene rings is 7. The summed E-state index contributed by atoms with van der Waals surface area (Å²) in [5.41, 5.74) is -6.46. The number of fused-ring (bicyclic) bond motifs is 6. The average Bonchev–Trinajstić information content (AvgIpc) is 3.81. The third-order valence-corrected chi connectivity index (χ3v) is 12.2. The van der Waals surface area contributed by atoms with Crippen molar-refractivity contribution in [2.24, 2.45) is 0 Å². The molecule has 10 rings (SSSR count). The summed E-state index contributed by atoms with van der Waals surface area (Å²) in [6.45, 7) is 0. The van der Waals surface area contributed by atoms with Crippen LogP contribution in [0.4, 0.5) is 65.9 Å². The number of aromatic nitrogens is 3. The molecule has 0 aliphatic rings. The molecule has 7 aromatic carbocycles. The van der Waals surface area contributed by atoms with E-state index in [9.17, 15) is 65.9 Å². The molecule has 0 radical (unpaired) electrons. The molecular formula is C52H26F15N3. The highest BCUT2D eigenvalue weighted by Crippen LogP contribution is 2.47. The SMILES string of the molecule is FC(F)(F)c1ccc(-n2c3ccccc3c3cc(-c4ccc(C(F)(F)F)cc4C(F)(F)F)ccc32)c(-c2ccncc2-n2c3ccccc3c3cc(-c4ccc(C(F)(F)F)cc4C(F)(F)F)ccc32)c1. The second-order valence-electron chi connectivity index (χ2n) is 16.3. The molecule has 18 heteroatoms. The highest BCUT2D eigenvalue weighted by molar-refractivity contribution is 6.13. The van der Waals surface area contributed by atoms with Gasteiger partial charge in [-0.25, -0.2) is 0 Å². The summed E-state index contributed by atoms with van der Waals surface area (Å²) >= 11 is 0. The Morgan fingerprint density at radius 1 is 0.314 bits per heavy atom. The molecular weight excluding hydrogens is 952 g/mol. The van der Waals surface area contributed by atoms with Crippen LogP contribution in [0.15, 0.2) is 158 Å². The molecule has 0 unspecified atom stereocenters. The van der Waals surface area contributed by atoms with Crippen LogP contribution in [0.3, 0.4) is 0 Å². The zero-order chi connectivity index (χ0) is 49.9. The molecule has 0 bridgehead atoms. The van der Waals surface area contributed by atoms with Crippen molar-refractivity contribution in [2.75, 3.05) is 0 Å². The van der Waals surface area contributed by atoms with Crippen molar-refractivity contribution < 1.29 is 65.9 Å². The molecule has 354 valence electrons. The molecule has 0 saturated carbocycles. The first-order chi connectivity index (χ1) is 32.9. The van der Waals surface area contributed by atoms with Crippen LogP contribution in [-0.2, 0) is 30.9 Å². The topological polar surface area (TPSA) is 22.8 Å². The molecule has 10 aromatic rings. The van der Waals surface area contributed by atoms with Gasteiger partial charge in [-0.3, -0.25) is 4.98 Å². The number of nitrogens with zero attached hydrogens (tertiary/aromatic N) is 3. The standard InChI is InChI=1S/C52H26F15N3/c53-48(54,55)29-13-18-46(69-42-7-3-1-5-34(42)37-21-27(9-16-44(37)69)32-14-11-30(49(56,57)58)24-40(32)51(62,63)64)39(23-29)36-19-20-68-26-47(36)70-43-8-4-2-6-35(43)38-22-28(10-17-45(38)70)33-15-12-31(50(59,60)61)25-41(33)52(65,66)67/h1-26H. The first-order valence-corrected chi connectivity index (χ1v) is 20.7. The maximum atomic E-state index is 14.7. The highest BCUT2D eigenvalue weighted by atomic mass is 19.4. The predicted octanol–water partition coefficient (Wildman–Crippen LogP) is 17.4. The Labute approximate surface area is 384 Å². The van der Waals surface area contributed by atoms with Gasteiger partial charge in [-0.1, -0.05) is 60.7 Å². The van der Waals surface area contributed by atoms with E-state index in [0.29, 0.717) is 55.7 Å². The molecule has 0 aliphatic heterocycles. The highest BCUT2D eigenvalue weighted by Gasteiger charge is 2.40. The van der Waals surface area contributed by atoms with Gasteiger partial charge < -0.3 is 9.13 Å². The largest absolute Gasteiger partial charge is 0.417 e. The quantitative estimate of drug-likeness (QED) is 0.158. The van der Waals surface area contributed by atoms with Crippen molar-refractivity contribution >= 4 is 43.6 Å². The summed E-state index contributed by atoms with van der Waals surface area (Å²) in [5, 5.41) is 1.53. The molecule has 0 spiro atoms. The monoisotopic (exact) mass is 977 g/mol. The Bertz CT molecular complexity index is 3720. The van der Waals surface area contributed by atoms with Gasteiger partial charge in [0.2, 0.25) is 0 Å². The number of hydrogen-bond donors (Lipinski definition) is 0. The minimum Gasteiger partial charge on any atom is -0.309 e. The van der Waals surface area contributed by atoms with Crippen LogP contribution in [-0.4, -0.2) is 14.1 Å². The summed E-state index contributed by atoms with van der Waals surface area (Å²) in [5.74, 6) is 0. The lowest BCUT2D eigenvalue weighted by atomic mass is 9.95. The number of para-hydroxylation sites is 2. The molecule has 0 amide bonds. The molecule has 70 heavy (non-hydrogen) atoms. The fourth-order valence-electron chi connectivity index (χ4n) is 9.13. The lowest BCUT2D eigenvalue weighted by Crippen LogP contribution is -2.12. The van der Waals surface area contributed by atoms with Gasteiger partial charge in [0, 0.05) is 38.9 Å². The number of alkyl halides is 15. The van der Waals surface area contributed by atoms with Crippen molar-refractivity contribution in [1.82, 2.24) is 14.1 Å². The third kappa shape index (κ3) is 7.84. The molecule has 3 aromatic heterocycles. The summed E-state index contributed by atoms with van der Waals surface area (Å²) in [6.07, 6.45) is -22.7. The Hall–Kier alpha value is -7.76. The third-order valence-electron chi connectivity index (χ3n) is 12.2. The first-order valence-electron chi connectivity index (χ1n) is 20.7. The number of hydrogen-bond acceptors (Lipinski definition) is 1. The van der Waals surface area contributed by atoms with Crippen molar-refractivity contribution in [2.45, 2.75) is 30.9 Å². The second kappa shape index (κ2) is 15.9. The van der Waals surface area contributed by atoms with E-state index in [1.54, 1.807) is 57.7 Å². The number of pyridine rings is 1. The minimum atomic E-state index is -5.20. The lowest BCUT2D eigenvalue weighted by molar-refractivity contribution is -0.144. The van der Waals surface area contributed by atoms with Crippen LogP contribution < -0.4 is 0 Å². The van der Waals surface area contributed by atoms with E-state index in [1.807, 2.05) is 0 Å². The van der Waals surface area contributed by atoms with Gasteiger partial charge in [0.25, 0.3) is 0 Å². The Morgan fingerprint density at radius 2 is 0.729 bits per heavy atom. The van der Waals surface area contributed by atoms with Crippen molar-refractivity contribution in [1.29, 1.82) is 0 Å². The molecule has 0 atom stereocenters. The summed E-state index contributed by atoms with van der Waals surface area (Å²) in [6, 6.07) is 28.4. The summed E-state index contributed by atoms with van der Waals surface area (Å²) < 4.78 is 215. The normalized spacial score (nSPS) is 13.1. The van der Waals surface area contributed by atoms with E-state index in [1.165, 1.54) is 60.9 Å². The van der Waals surface area contributed by atoms with Crippen LogP contribution in [0.2, 0.25) is 0 Å². The molecule has 0 saturated heterocycles. The fraction of sp³-hybridized carbons (Fsp3) is 0.0962. The second-order valence-corrected chi connectivity index (χ2v) is 16.3. The zero-order valence-corrected chi connectivity index (χ0v) is 35.0. The first kappa shape index (κ1) is 46.0. The van der Waals surface area contributed by atoms with Gasteiger partial charge in [0.05, 0.1) is 67.5 Å². The van der Waals surface area contributed by atoms with Crippen LogP contribution in [0.5, 0.6) is 0 Å². The molecule has 3 heterocycles. The molecule has 3 nitrogen and oxygen atoms in total. The van der Waals surface area contributed by atoms with E-state index in [4.69, 9.17) is 0 Å². The van der Waals surface area contributed by atoms with Crippen LogP contribution in [0, 0.1) is 0 Å². The van der Waals surface area contributed by atoms with Crippen molar-refractivity contribution in [3.8, 4) is 44.8 Å². The maximum Gasteiger partial charge on any atom is 0.417 e. The van der Waals surface area contributed by atoms with E-state index in [0.717, 1.165) is 24.3 Å². The number of rotatable bonds is 5. The Kier molecular flexibility index (Phi) is 10.4. The van der Waals surface area contributed by atoms with Crippen LogP contribution in [0.25, 0.3) is 88.4 Å². The van der Waals surface area contributed by atoms with Gasteiger partial charge in [0.15, 0.2) is 0 Å². The van der Waals surface area contributed by atoms with E-state index < -0.39 is 69.8 Å². The van der Waals surface area contributed by atoms with Gasteiger partial charge in [0.1, 0.15) is 0 Å². The van der Waals surface area contributed by atoms with Crippen LogP contribution >= 0.6 is 0 Å². The summed E-state index contributed by atoms with van der Waals surface area (Å²) in [4.78, 5) is 4.31. The van der Waals surface area contributed by atoms with Gasteiger partial charge in [-0.05, 0) is 107 Å². The summed E-state index contributed by atoms with van der Waals surface area (Å²) in [7, 11) is 0.